The average molecular weight is 308 g/mol. The highest BCUT2D eigenvalue weighted by Gasteiger charge is 2.38. The predicted molar refractivity (Wildman–Crippen MR) is 94.5 cm³/mol. The maximum atomic E-state index is 12.7. The van der Waals surface area contributed by atoms with Crippen LogP contribution in [0.25, 0.3) is 0 Å². The summed E-state index contributed by atoms with van der Waals surface area (Å²) in [6.07, 6.45) is 0.147. The molecule has 0 aliphatic heterocycles. The molecule has 0 saturated carbocycles. The number of ketones is 1. The lowest BCUT2D eigenvalue weighted by molar-refractivity contribution is 0.0118. The van der Waals surface area contributed by atoms with Crippen molar-refractivity contribution < 1.29 is 9.53 Å². The van der Waals surface area contributed by atoms with E-state index in [1.165, 1.54) is 0 Å². The zero-order valence-corrected chi connectivity index (χ0v) is 14.1. The molecule has 0 heterocycles. The van der Waals surface area contributed by atoms with Gasteiger partial charge in [0, 0.05) is 24.5 Å². The summed E-state index contributed by atoms with van der Waals surface area (Å²) in [5.74, 6) is 0.106. The first kappa shape index (κ1) is 17.2. The van der Waals surface area contributed by atoms with Gasteiger partial charge in [-0.2, -0.15) is 0 Å². The molecule has 2 aromatic carbocycles. The molecule has 0 bridgehead atoms. The second-order valence-electron chi connectivity index (χ2n) is 6.19. The number of Topliss-reactive ketones (excluding diaryl/α,β-unsaturated/α-hetero) is 1. The number of hydrogen-bond acceptors (Lipinski definition) is 2. The maximum absolute atomic E-state index is 12.7. The molecule has 0 radical (unpaired) electrons. The van der Waals surface area contributed by atoms with E-state index in [9.17, 15) is 4.79 Å². The summed E-state index contributed by atoms with van der Waals surface area (Å²) < 4.78 is 5.79. The maximum Gasteiger partial charge on any atom is 0.163 e. The van der Waals surface area contributed by atoms with Gasteiger partial charge in [-0.15, -0.1) is 0 Å². The molecule has 0 saturated heterocycles. The number of ether oxygens (including phenoxy) is 1. The molecule has 0 aromatic heterocycles. The quantitative estimate of drug-likeness (QED) is 0.517. The Balaban J connectivity index is 2.35. The zero-order chi connectivity index (χ0) is 16.9. The zero-order valence-electron chi connectivity index (χ0n) is 14.1. The van der Waals surface area contributed by atoms with Gasteiger partial charge in [-0.25, -0.2) is 0 Å². The van der Waals surface area contributed by atoms with Gasteiger partial charge in [0.15, 0.2) is 5.78 Å². The Morgan fingerprint density at radius 2 is 1.61 bits per heavy atom. The van der Waals surface area contributed by atoms with E-state index in [0.717, 1.165) is 16.7 Å². The van der Waals surface area contributed by atoms with E-state index in [1.807, 2.05) is 67.6 Å². The van der Waals surface area contributed by atoms with Crippen LogP contribution in [0.4, 0.5) is 0 Å². The Labute approximate surface area is 138 Å². The van der Waals surface area contributed by atoms with Gasteiger partial charge in [-0.3, -0.25) is 4.79 Å². The van der Waals surface area contributed by atoms with Crippen LogP contribution in [0.1, 0.15) is 42.3 Å². The monoisotopic (exact) mass is 308 g/mol. The van der Waals surface area contributed by atoms with E-state index in [2.05, 4.69) is 13.5 Å². The summed E-state index contributed by atoms with van der Waals surface area (Å²) in [5.41, 5.74) is 2.25. The van der Waals surface area contributed by atoms with Gasteiger partial charge in [-0.05, 0) is 12.5 Å². The number of rotatable bonds is 7. The fourth-order valence-corrected chi connectivity index (χ4v) is 2.92. The Hall–Kier alpha value is -2.19. The molecular weight excluding hydrogens is 284 g/mol. The third-order valence-electron chi connectivity index (χ3n) is 4.52. The average Bonchev–Trinajstić information content (AvgIpc) is 2.57. The van der Waals surface area contributed by atoms with Gasteiger partial charge in [0.1, 0.15) is 0 Å². The number of hydrogen-bond donors (Lipinski definition) is 0. The van der Waals surface area contributed by atoms with E-state index in [-0.39, 0.29) is 11.9 Å². The van der Waals surface area contributed by atoms with Crippen molar-refractivity contribution >= 4 is 5.78 Å². The Morgan fingerprint density at radius 1 is 1.09 bits per heavy atom. The van der Waals surface area contributed by atoms with E-state index < -0.39 is 5.41 Å². The van der Waals surface area contributed by atoms with E-state index in [4.69, 9.17) is 4.74 Å². The fourth-order valence-electron chi connectivity index (χ4n) is 2.92. The minimum atomic E-state index is -0.469. The number of methoxy groups -OCH3 is 1. The van der Waals surface area contributed by atoms with Gasteiger partial charge in [0.05, 0.1) is 6.10 Å². The SMILES string of the molecule is C=C(C)C(C)(CC(=O)c1ccccc1)C(OC)c1ccccc1. The standard InChI is InChI=1S/C21H24O2/c1-16(2)21(3,15-19(22)17-11-7-5-8-12-17)20(23-4)18-13-9-6-10-14-18/h5-14,20H,1,15H2,2-4H3. The minimum Gasteiger partial charge on any atom is -0.376 e. The fraction of sp³-hybridized carbons (Fsp3) is 0.286. The molecular formula is C21H24O2. The first-order valence-corrected chi connectivity index (χ1v) is 7.81. The van der Waals surface area contributed by atoms with E-state index >= 15 is 0 Å². The lowest BCUT2D eigenvalue weighted by Crippen LogP contribution is -2.31. The largest absolute Gasteiger partial charge is 0.376 e. The molecule has 0 aliphatic carbocycles. The molecule has 0 fully saturated rings. The van der Waals surface area contributed by atoms with Crippen molar-refractivity contribution in [1.29, 1.82) is 0 Å². The van der Waals surface area contributed by atoms with Gasteiger partial charge in [-0.1, -0.05) is 79.7 Å². The summed E-state index contributed by atoms with van der Waals surface area (Å²) in [6.45, 7) is 8.15. The molecule has 0 aliphatic rings. The van der Waals surface area contributed by atoms with Gasteiger partial charge >= 0.3 is 0 Å². The first-order valence-electron chi connectivity index (χ1n) is 7.81. The van der Waals surface area contributed by atoms with Crippen molar-refractivity contribution in [2.24, 2.45) is 5.41 Å². The molecule has 2 rings (SSSR count). The van der Waals surface area contributed by atoms with E-state index in [0.29, 0.717) is 6.42 Å². The first-order chi connectivity index (χ1) is 11.0. The number of carbonyl (C=O) groups is 1. The van der Waals surface area contributed by atoms with Crippen molar-refractivity contribution in [3.05, 3.63) is 83.9 Å². The molecule has 0 amide bonds. The molecule has 0 spiro atoms. The highest BCUT2D eigenvalue weighted by molar-refractivity contribution is 5.96. The third-order valence-corrected chi connectivity index (χ3v) is 4.52. The molecule has 120 valence electrons. The molecule has 2 heteroatoms. The summed E-state index contributed by atoms with van der Waals surface area (Å²) >= 11 is 0. The van der Waals surface area contributed by atoms with Gasteiger partial charge in [0.25, 0.3) is 0 Å². The summed E-state index contributed by atoms with van der Waals surface area (Å²) in [7, 11) is 1.69. The molecule has 0 N–H and O–H groups in total. The smallest absolute Gasteiger partial charge is 0.163 e. The molecule has 2 unspecified atom stereocenters. The van der Waals surface area contributed by atoms with Crippen molar-refractivity contribution in [3.63, 3.8) is 0 Å². The molecule has 2 atom stereocenters. The normalized spacial score (nSPS) is 14.7. The van der Waals surface area contributed by atoms with Crippen molar-refractivity contribution in [2.45, 2.75) is 26.4 Å². The van der Waals surface area contributed by atoms with Crippen LogP contribution in [-0.4, -0.2) is 12.9 Å². The highest BCUT2D eigenvalue weighted by Crippen LogP contribution is 2.45. The summed E-state index contributed by atoms with van der Waals surface area (Å²) in [6, 6.07) is 19.4. The molecule has 2 aromatic rings. The Morgan fingerprint density at radius 3 is 2.09 bits per heavy atom. The lowest BCUT2D eigenvalue weighted by atomic mass is 9.71. The number of benzene rings is 2. The van der Waals surface area contributed by atoms with Gasteiger partial charge in [0.2, 0.25) is 0 Å². The van der Waals surface area contributed by atoms with Crippen molar-refractivity contribution in [3.8, 4) is 0 Å². The predicted octanol–water partition coefficient (Wildman–Crippen LogP) is 5.23. The van der Waals surface area contributed by atoms with Crippen molar-refractivity contribution in [1.82, 2.24) is 0 Å². The summed E-state index contributed by atoms with van der Waals surface area (Å²) in [4.78, 5) is 12.7. The van der Waals surface area contributed by atoms with Crippen LogP contribution in [0.3, 0.4) is 0 Å². The van der Waals surface area contributed by atoms with Crippen molar-refractivity contribution in [2.75, 3.05) is 7.11 Å². The van der Waals surface area contributed by atoms with Crippen LogP contribution < -0.4 is 0 Å². The van der Waals surface area contributed by atoms with Gasteiger partial charge < -0.3 is 4.74 Å². The third kappa shape index (κ3) is 3.77. The van der Waals surface area contributed by atoms with Crippen LogP contribution >= 0.6 is 0 Å². The van der Waals surface area contributed by atoms with Crippen LogP contribution in [0.15, 0.2) is 72.8 Å². The minimum absolute atomic E-state index is 0.106. The van der Waals surface area contributed by atoms with Crippen LogP contribution in [0.5, 0.6) is 0 Å². The molecule has 23 heavy (non-hydrogen) atoms. The van der Waals surface area contributed by atoms with Crippen LogP contribution in [0.2, 0.25) is 0 Å². The van der Waals surface area contributed by atoms with Crippen LogP contribution in [-0.2, 0) is 4.74 Å². The second kappa shape index (κ2) is 7.38. The lowest BCUT2D eigenvalue weighted by Gasteiger charge is -2.37. The Bertz CT molecular complexity index is 661. The topological polar surface area (TPSA) is 26.3 Å². The highest BCUT2D eigenvalue weighted by atomic mass is 16.5. The second-order valence-corrected chi connectivity index (χ2v) is 6.19. The van der Waals surface area contributed by atoms with Crippen LogP contribution in [0, 0.1) is 5.41 Å². The number of carbonyl (C=O) groups excluding carboxylic acids is 1. The van der Waals surface area contributed by atoms with E-state index in [1.54, 1.807) is 7.11 Å². The Kier molecular flexibility index (Phi) is 5.51. The molecule has 2 nitrogen and oxygen atoms in total. The summed E-state index contributed by atoms with van der Waals surface area (Å²) in [5, 5.41) is 0.